The Kier molecular flexibility index (Phi) is 3.75. The average Bonchev–Trinajstić information content (AvgIpc) is 2.78. The number of carbonyl (C=O) groups excluding carboxylic acids is 1. The number of nitrogens with zero attached hydrogens (tertiary/aromatic N) is 1. The molecule has 0 spiro atoms. The molecular weight excluding hydrogens is 280 g/mol. The molecule has 2 aromatic rings. The number of sulfonamides is 1. The molecule has 0 aliphatic rings. The fourth-order valence-electron chi connectivity index (χ4n) is 1.57. The fraction of sp³-hybridized carbons (Fsp3) is 0.167. The average molecular weight is 294 g/mol. The van der Waals surface area contributed by atoms with Crippen molar-refractivity contribution < 1.29 is 13.2 Å². The normalized spacial score (nSPS) is 11.1. The molecule has 0 saturated heterocycles. The maximum atomic E-state index is 12.0. The Balaban J connectivity index is 2.15. The molecule has 8 heteroatoms. The number of imidazole rings is 1. The van der Waals surface area contributed by atoms with Crippen molar-refractivity contribution in [3.8, 4) is 0 Å². The Bertz CT molecular complexity index is 719. The van der Waals surface area contributed by atoms with Crippen molar-refractivity contribution in [2.75, 3.05) is 10.0 Å². The van der Waals surface area contributed by atoms with E-state index in [-0.39, 0.29) is 10.9 Å². The number of aromatic amines is 1. The molecule has 20 heavy (non-hydrogen) atoms. The van der Waals surface area contributed by atoms with Gasteiger partial charge in [-0.15, -0.1) is 0 Å². The van der Waals surface area contributed by atoms with Crippen molar-refractivity contribution >= 4 is 27.3 Å². The van der Waals surface area contributed by atoms with Crippen LogP contribution in [0, 0.1) is 6.92 Å². The summed E-state index contributed by atoms with van der Waals surface area (Å²) in [6.45, 7) is 3.07. The summed E-state index contributed by atoms with van der Waals surface area (Å²) in [6.07, 6.45) is 1.25. The number of aryl methyl sites for hydroxylation is 1. The molecule has 2 rings (SSSR count). The van der Waals surface area contributed by atoms with Crippen molar-refractivity contribution in [3.63, 3.8) is 0 Å². The van der Waals surface area contributed by atoms with Crippen molar-refractivity contribution in [1.82, 2.24) is 9.97 Å². The summed E-state index contributed by atoms with van der Waals surface area (Å²) < 4.78 is 26.5. The van der Waals surface area contributed by atoms with E-state index >= 15 is 0 Å². The maximum Gasteiger partial charge on any atom is 0.278 e. The van der Waals surface area contributed by atoms with Gasteiger partial charge in [0.15, 0.2) is 5.03 Å². The van der Waals surface area contributed by atoms with E-state index in [0.717, 1.165) is 0 Å². The molecule has 0 aliphatic heterocycles. The summed E-state index contributed by atoms with van der Waals surface area (Å²) in [6, 6.07) is 6.34. The third-order valence-corrected chi connectivity index (χ3v) is 3.72. The van der Waals surface area contributed by atoms with Crippen LogP contribution in [-0.4, -0.2) is 24.3 Å². The van der Waals surface area contributed by atoms with E-state index in [2.05, 4.69) is 20.0 Å². The van der Waals surface area contributed by atoms with Crippen LogP contribution in [0.2, 0.25) is 0 Å². The lowest BCUT2D eigenvalue weighted by atomic mass is 10.3. The minimum Gasteiger partial charge on any atom is -0.332 e. The number of nitrogens with one attached hydrogen (secondary N) is 3. The second-order valence-corrected chi connectivity index (χ2v) is 5.85. The first kappa shape index (κ1) is 14.1. The Labute approximate surface area is 116 Å². The zero-order valence-corrected chi connectivity index (χ0v) is 11.8. The molecule has 3 N–H and O–H groups in total. The summed E-state index contributed by atoms with van der Waals surface area (Å²) in [5, 5.41) is 2.60. The van der Waals surface area contributed by atoms with Crippen LogP contribution in [0.15, 0.2) is 35.5 Å². The highest BCUT2D eigenvalue weighted by molar-refractivity contribution is 7.92. The summed E-state index contributed by atoms with van der Waals surface area (Å²) in [4.78, 5) is 17.4. The van der Waals surface area contributed by atoms with Gasteiger partial charge in [-0.3, -0.25) is 9.52 Å². The molecular formula is C12H14N4O3S. The van der Waals surface area contributed by atoms with Crippen LogP contribution >= 0.6 is 0 Å². The number of hydrogen-bond acceptors (Lipinski definition) is 4. The van der Waals surface area contributed by atoms with Crippen LogP contribution in [-0.2, 0) is 14.8 Å². The molecule has 0 bridgehead atoms. The highest BCUT2D eigenvalue weighted by Crippen LogP contribution is 2.17. The third-order valence-electron chi connectivity index (χ3n) is 2.43. The van der Waals surface area contributed by atoms with Crippen LogP contribution < -0.4 is 10.0 Å². The summed E-state index contributed by atoms with van der Waals surface area (Å²) in [5.41, 5.74) is 0.990. The van der Waals surface area contributed by atoms with Crippen molar-refractivity contribution in [1.29, 1.82) is 0 Å². The molecule has 0 unspecified atom stereocenters. The Morgan fingerprint density at radius 3 is 2.30 bits per heavy atom. The van der Waals surface area contributed by atoms with Crippen LogP contribution in [0.4, 0.5) is 11.4 Å². The molecule has 0 radical (unpaired) electrons. The molecule has 0 aliphatic carbocycles. The van der Waals surface area contributed by atoms with Crippen LogP contribution in [0.25, 0.3) is 0 Å². The molecule has 0 atom stereocenters. The topological polar surface area (TPSA) is 104 Å². The Morgan fingerprint density at radius 1 is 1.20 bits per heavy atom. The minimum absolute atomic E-state index is 0.000868. The van der Waals surface area contributed by atoms with E-state index in [1.54, 1.807) is 31.2 Å². The van der Waals surface area contributed by atoms with Gasteiger partial charge in [0, 0.05) is 18.3 Å². The quantitative estimate of drug-likeness (QED) is 0.794. The van der Waals surface area contributed by atoms with Crippen molar-refractivity contribution in [3.05, 3.63) is 36.3 Å². The monoisotopic (exact) mass is 294 g/mol. The second kappa shape index (κ2) is 5.33. The van der Waals surface area contributed by atoms with Gasteiger partial charge in [-0.05, 0) is 31.2 Å². The number of amides is 1. The highest BCUT2D eigenvalue weighted by atomic mass is 32.2. The van der Waals surface area contributed by atoms with Crippen LogP contribution in [0.5, 0.6) is 0 Å². The third kappa shape index (κ3) is 3.35. The van der Waals surface area contributed by atoms with E-state index in [0.29, 0.717) is 17.2 Å². The maximum absolute atomic E-state index is 12.0. The van der Waals surface area contributed by atoms with Gasteiger partial charge in [-0.25, -0.2) is 4.98 Å². The summed E-state index contributed by atoms with van der Waals surface area (Å²) in [5.74, 6) is 0.331. The number of anilines is 2. The first-order chi connectivity index (χ1) is 9.37. The van der Waals surface area contributed by atoms with Gasteiger partial charge in [-0.1, -0.05) is 0 Å². The van der Waals surface area contributed by atoms with Gasteiger partial charge in [0.2, 0.25) is 5.91 Å². The van der Waals surface area contributed by atoms with Gasteiger partial charge < -0.3 is 10.3 Å². The van der Waals surface area contributed by atoms with E-state index in [1.165, 1.54) is 13.1 Å². The number of hydrogen-bond donors (Lipinski definition) is 3. The molecule has 1 aromatic carbocycles. The number of H-pyrrole nitrogens is 1. The van der Waals surface area contributed by atoms with Gasteiger partial charge >= 0.3 is 0 Å². The molecule has 1 amide bonds. The predicted molar refractivity (Wildman–Crippen MR) is 74.9 cm³/mol. The van der Waals surface area contributed by atoms with Gasteiger partial charge in [0.05, 0.1) is 6.20 Å². The zero-order valence-electron chi connectivity index (χ0n) is 11.0. The van der Waals surface area contributed by atoms with Gasteiger partial charge in [0.25, 0.3) is 10.0 Å². The predicted octanol–water partition coefficient (Wildman–Crippen LogP) is 1.48. The van der Waals surface area contributed by atoms with Gasteiger partial charge in [0.1, 0.15) is 5.82 Å². The number of rotatable bonds is 4. The first-order valence-electron chi connectivity index (χ1n) is 5.79. The standard InChI is InChI=1S/C12H14N4O3S/c1-8-13-7-12(14-8)20(18,19)16-11-5-3-10(4-6-11)15-9(2)17/h3-7,16H,1-2H3,(H,13,14)(H,15,17). The smallest absolute Gasteiger partial charge is 0.278 e. The lowest BCUT2D eigenvalue weighted by molar-refractivity contribution is -0.114. The first-order valence-corrected chi connectivity index (χ1v) is 7.27. The SMILES string of the molecule is CC(=O)Nc1ccc(NS(=O)(=O)c2cnc(C)[nH]2)cc1. The fourth-order valence-corrected chi connectivity index (χ4v) is 2.60. The molecule has 0 saturated carbocycles. The molecule has 106 valence electrons. The Morgan fingerprint density at radius 2 is 1.80 bits per heavy atom. The Hall–Kier alpha value is -2.35. The molecule has 0 fully saturated rings. The molecule has 1 heterocycles. The van der Waals surface area contributed by atoms with Gasteiger partial charge in [-0.2, -0.15) is 8.42 Å². The summed E-state index contributed by atoms with van der Waals surface area (Å²) in [7, 11) is -3.68. The van der Waals surface area contributed by atoms with Crippen LogP contribution in [0.3, 0.4) is 0 Å². The second-order valence-electron chi connectivity index (χ2n) is 4.20. The number of carbonyl (C=O) groups is 1. The van der Waals surface area contributed by atoms with Crippen LogP contribution in [0.1, 0.15) is 12.7 Å². The lowest BCUT2D eigenvalue weighted by Gasteiger charge is -2.07. The number of aromatic nitrogens is 2. The highest BCUT2D eigenvalue weighted by Gasteiger charge is 2.16. The largest absolute Gasteiger partial charge is 0.332 e. The van der Waals surface area contributed by atoms with E-state index in [9.17, 15) is 13.2 Å². The summed E-state index contributed by atoms with van der Waals surface area (Å²) >= 11 is 0. The van der Waals surface area contributed by atoms with E-state index < -0.39 is 10.0 Å². The molecule has 1 aromatic heterocycles. The zero-order chi connectivity index (χ0) is 14.8. The van der Waals surface area contributed by atoms with Crippen molar-refractivity contribution in [2.45, 2.75) is 18.9 Å². The van der Waals surface area contributed by atoms with E-state index in [1.807, 2.05) is 0 Å². The number of benzene rings is 1. The minimum atomic E-state index is -3.68. The van der Waals surface area contributed by atoms with Crippen molar-refractivity contribution in [2.24, 2.45) is 0 Å². The molecule has 7 nitrogen and oxygen atoms in total. The van der Waals surface area contributed by atoms with E-state index in [4.69, 9.17) is 0 Å². The lowest BCUT2D eigenvalue weighted by Crippen LogP contribution is -2.13.